The summed E-state index contributed by atoms with van der Waals surface area (Å²) in [5.41, 5.74) is 0. The lowest BCUT2D eigenvalue weighted by atomic mass is 9.91. The van der Waals surface area contributed by atoms with Gasteiger partial charge in [-0.1, -0.05) is 104 Å². The van der Waals surface area contributed by atoms with Gasteiger partial charge in [0.05, 0.1) is 18.8 Å². The van der Waals surface area contributed by atoms with Crippen LogP contribution in [-0.4, -0.2) is 250 Å². The first-order valence-corrected chi connectivity index (χ1v) is 33.4. The van der Waals surface area contributed by atoms with Crippen LogP contribution in [0.15, 0.2) is 0 Å². The summed E-state index contributed by atoms with van der Waals surface area (Å²) in [4.78, 5) is 183. The maximum atomic E-state index is 15.3. The molecule has 0 bridgehead atoms. The highest BCUT2D eigenvalue weighted by Gasteiger charge is 2.46. The second kappa shape index (κ2) is 38.2. The van der Waals surface area contributed by atoms with Gasteiger partial charge >= 0.3 is 5.97 Å². The fourth-order valence-electron chi connectivity index (χ4n) is 11.6. The number of hydrogen-bond acceptors (Lipinski definition) is 15. The molecule has 6 N–H and O–H groups in total. The molecule has 1 heterocycles. The van der Waals surface area contributed by atoms with Crippen molar-refractivity contribution in [2.24, 2.45) is 47.3 Å². The second-order valence-corrected chi connectivity index (χ2v) is 29.1. The molecule has 26 nitrogen and oxygen atoms in total. The molecule has 1 fully saturated rings. The molecule has 11 amide bonds. The van der Waals surface area contributed by atoms with Crippen LogP contribution in [0.2, 0.25) is 0 Å². The van der Waals surface area contributed by atoms with E-state index < -0.39 is 162 Å². The van der Waals surface area contributed by atoms with E-state index in [9.17, 15) is 53.4 Å². The van der Waals surface area contributed by atoms with Gasteiger partial charge in [-0.25, -0.2) is 4.79 Å². The maximum absolute atomic E-state index is 15.3. The highest BCUT2D eigenvalue weighted by molar-refractivity contribution is 5.99. The lowest BCUT2D eigenvalue weighted by Gasteiger charge is -2.40. The summed E-state index contributed by atoms with van der Waals surface area (Å²) in [5, 5.41) is 34.6. The molecule has 1 saturated heterocycles. The third-order valence-corrected chi connectivity index (χ3v) is 17.2. The summed E-state index contributed by atoms with van der Waals surface area (Å²) < 4.78 is 5.90. The standard InChI is InChI=1S/C67H121N11O15/c1-35(2)29-47-62(87)74(23)50(32-38(7)8)58(83)68-44(18)67(92)93-57(41(13)14)66(91)75(24)51(33-39(9)10)60(85)70-48(30-36(3)4)63(88)76(25)54(40(11)12)65(90)77(26)55(56(82)43(17)27-28-78(42(15)16)46(20)80)61(86)71-53(45(19)79)64(89)72(21)34-52(81)73(22)49(31-37(5)6)59(84)69-47/h35-45,47-51,53-57,79,82H,27-34H2,1-26H3,(H,68,83)(H,69,84)(H,70,85)(H,71,86)/t43-,44+,45-,47+,48+,49+,50+,51+,53+,54+,55+,56-,57-/m1/s1. The second-order valence-electron chi connectivity index (χ2n) is 29.1. The van der Waals surface area contributed by atoms with Gasteiger partial charge in [0.2, 0.25) is 59.1 Å². The van der Waals surface area contributed by atoms with Crippen LogP contribution in [0.3, 0.4) is 0 Å². The molecule has 0 aromatic rings. The Bertz CT molecular complexity index is 2540. The number of hydrogen-bond donors (Lipinski definition) is 6. The van der Waals surface area contributed by atoms with Gasteiger partial charge < -0.3 is 70.5 Å². The van der Waals surface area contributed by atoms with Crippen LogP contribution in [0.5, 0.6) is 0 Å². The van der Waals surface area contributed by atoms with Crippen LogP contribution in [-0.2, 0) is 62.3 Å². The van der Waals surface area contributed by atoms with Crippen molar-refractivity contribution in [3.8, 4) is 0 Å². The first-order valence-electron chi connectivity index (χ1n) is 33.4. The van der Waals surface area contributed by atoms with E-state index in [2.05, 4.69) is 21.3 Å². The first kappa shape index (κ1) is 84.6. The van der Waals surface area contributed by atoms with Gasteiger partial charge in [0.15, 0.2) is 6.10 Å². The van der Waals surface area contributed by atoms with E-state index in [4.69, 9.17) is 4.74 Å². The predicted octanol–water partition coefficient (Wildman–Crippen LogP) is 3.03. The number of carbonyl (C=O) groups is 12. The molecule has 1 aliphatic rings. The van der Waals surface area contributed by atoms with Crippen LogP contribution in [0.4, 0.5) is 0 Å². The van der Waals surface area contributed by atoms with Crippen LogP contribution >= 0.6 is 0 Å². The third kappa shape index (κ3) is 25.0. The minimum Gasteiger partial charge on any atom is -0.450 e. The van der Waals surface area contributed by atoms with Gasteiger partial charge in [-0.3, -0.25) is 52.7 Å². The number of likely N-dealkylation sites (N-methyl/N-ethyl adjacent to an activating group) is 6. The average molecular weight is 1320 g/mol. The van der Waals surface area contributed by atoms with Crippen LogP contribution in [0.1, 0.15) is 177 Å². The molecule has 0 saturated carbocycles. The molecular formula is C67H121N11O15. The van der Waals surface area contributed by atoms with E-state index in [1.165, 1.54) is 68.0 Å². The zero-order valence-corrected chi connectivity index (χ0v) is 61.1. The first-order chi connectivity index (χ1) is 42.7. The topological polar surface area (TPSA) is 325 Å². The number of rotatable bonds is 19. The number of cyclic esters (lactones) is 1. The van der Waals surface area contributed by atoms with Gasteiger partial charge in [0.25, 0.3) is 5.91 Å². The molecule has 26 heteroatoms. The molecule has 1 rings (SSSR count). The summed E-state index contributed by atoms with van der Waals surface area (Å²) in [6.45, 7) is 33.7. The molecule has 0 aliphatic carbocycles. The van der Waals surface area contributed by atoms with Crippen LogP contribution < -0.4 is 21.3 Å². The summed E-state index contributed by atoms with van der Waals surface area (Å²) in [7, 11) is 8.03. The zero-order valence-electron chi connectivity index (χ0n) is 61.1. The Balaban J connectivity index is 4.48. The number of esters is 1. The fraction of sp³-hybridized carbons (Fsp3) is 0.821. The largest absolute Gasteiger partial charge is 0.450 e. The number of ether oxygens (including phenoxy) is 1. The Hall–Kier alpha value is -6.44. The van der Waals surface area contributed by atoms with Crippen molar-refractivity contribution < 1.29 is 72.5 Å². The molecule has 0 unspecified atom stereocenters. The van der Waals surface area contributed by atoms with Crippen molar-refractivity contribution in [2.45, 2.75) is 256 Å². The monoisotopic (exact) mass is 1320 g/mol. The normalized spacial score (nSPS) is 25.8. The highest BCUT2D eigenvalue weighted by atomic mass is 16.6. The number of amides is 11. The van der Waals surface area contributed by atoms with E-state index in [-0.39, 0.29) is 86.6 Å². The Morgan fingerprint density at radius 1 is 0.495 bits per heavy atom. The molecule has 93 heavy (non-hydrogen) atoms. The lowest BCUT2D eigenvalue weighted by Crippen LogP contribution is -2.64. The smallest absolute Gasteiger partial charge is 0.329 e. The number of aliphatic hydroxyl groups is 2. The minimum atomic E-state index is -1.83. The average Bonchev–Trinajstić information content (AvgIpc) is 0.845. The van der Waals surface area contributed by atoms with Crippen molar-refractivity contribution >= 4 is 70.9 Å². The summed E-state index contributed by atoms with van der Waals surface area (Å²) in [5.74, 6) is -12.3. The predicted molar refractivity (Wildman–Crippen MR) is 355 cm³/mol. The molecule has 1 aliphatic heterocycles. The van der Waals surface area contributed by atoms with E-state index in [1.807, 2.05) is 83.1 Å². The quantitative estimate of drug-likeness (QED) is 0.101. The Morgan fingerprint density at radius 3 is 1.28 bits per heavy atom. The molecule has 0 radical (unpaired) electrons. The van der Waals surface area contributed by atoms with Gasteiger partial charge in [0.1, 0.15) is 54.4 Å². The Morgan fingerprint density at radius 2 is 0.892 bits per heavy atom. The number of carbonyl (C=O) groups excluding carboxylic acids is 12. The Labute approximate surface area is 555 Å². The minimum absolute atomic E-state index is 0.0553. The number of aliphatic hydroxyl groups excluding tert-OH is 2. The van der Waals surface area contributed by atoms with Crippen LogP contribution in [0, 0.1) is 47.3 Å². The van der Waals surface area contributed by atoms with Crippen molar-refractivity contribution in [3.63, 3.8) is 0 Å². The molecule has 13 atom stereocenters. The van der Waals surface area contributed by atoms with Crippen molar-refractivity contribution in [2.75, 3.05) is 55.4 Å². The molecule has 0 aromatic heterocycles. The molecule has 0 spiro atoms. The van der Waals surface area contributed by atoms with Gasteiger partial charge in [-0.2, -0.15) is 0 Å². The summed E-state index contributed by atoms with van der Waals surface area (Å²) >= 11 is 0. The highest BCUT2D eigenvalue weighted by Crippen LogP contribution is 2.25. The van der Waals surface area contributed by atoms with E-state index in [1.54, 1.807) is 39.5 Å². The molecular weight excluding hydrogens is 1200 g/mol. The van der Waals surface area contributed by atoms with Gasteiger partial charge in [-0.15, -0.1) is 0 Å². The maximum Gasteiger partial charge on any atom is 0.329 e. The van der Waals surface area contributed by atoms with E-state index >= 15 is 14.4 Å². The van der Waals surface area contributed by atoms with E-state index in [0.29, 0.717) is 0 Å². The van der Waals surface area contributed by atoms with Crippen molar-refractivity contribution in [3.05, 3.63) is 0 Å². The number of nitrogens with one attached hydrogen (secondary N) is 4. The lowest BCUT2D eigenvalue weighted by molar-refractivity contribution is -0.166. The summed E-state index contributed by atoms with van der Waals surface area (Å²) in [6.07, 6.45) is -4.27. The van der Waals surface area contributed by atoms with Crippen molar-refractivity contribution in [1.29, 1.82) is 0 Å². The van der Waals surface area contributed by atoms with Gasteiger partial charge in [0, 0.05) is 61.8 Å². The van der Waals surface area contributed by atoms with Crippen LogP contribution in [0.25, 0.3) is 0 Å². The molecule has 534 valence electrons. The van der Waals surface area contributed by atoms with Crippen molar-refractivity contribution in [1.82, 2.24) is 55.6 Å². The molecule has 0 aromatic carbocycles. The fourth-order valence-corrected chi connectivity index (χ4v) is 11.6. The van der Waals surface area contributed by atoms with E-state index in [0.717, 1.165) is 24.5 Å². The number of nitrogens with zero attached hydrogens (tertiary/aromatic N) is 7. The zero-order chi connectivity index (χ0) is 72.3. The SMILES string of the molecule is CC(=O)N(CC[C@@H](C)[C@@H](O)[C@H]1C(=O)N[C@@H]([C@@H](C)O)C(=O)N(C)CC(=O)N(C)[C@@H](CC(C)C)C(=O)N[C@@H](CC(C)C)C(=O)N(C)[C@@H](CC(C)C)C(=O)N[C@@H](C)C(=O)O[C@H](C(C)C)C(=O)N(C)[C@@H](CC(C)C)C(=O)N[C@@H](CC(C)C)C(=O)N(C)[C@@H](C(C)C)C(=O)N1C)C(C)C. The third-order valence-electron chi connectivity index (χ3n) is 17.2. The summed E-state index contributed by atoms with van der Waals surface area (Å²) in [6, 6.07) is -12.8. The van der Waals surface area contributed by atoms with Gasteiger partial charge in [-0.05, 0) is 114 Å². The Kier molecular flexibility index (Phi) is 34.7.